The maximum Gasteiger partial charge on any atom is 0.407 e. The summed E-state index contributed by atoms with van der Waals surface area (Å²) >= 11 is 0. The summed E-state index contributed by atoms with van der Waals surface area (Å²) in [7, 11) is 0. The number of carboxylic acid groups (broad SMARTS) is 1. The van der Waals surface area contributed by atoms with Crippen LogP contribution >= 0.6 is 0 Å². The van der Waals surface area contributed by atoms with Gasteiger partial charge in [-0.05, 0) is 18.4 Å². The summed E-state index contributed by atoms with van der Waals surface area (Å²) in [6.45, 7) is 0.138. The molecule has 1 aliphatic rings. The molecule has 4 nitrogen and oxygen atoms in total. The molecule has 1 aromatic rings. The fourth-order valence-corrected chi connectivity index (χ4v) is 2.49. The van der Waals surface area contributed by atoms with Crippen molar-refractivity contribution >= 4 is 6.09 Å². The van der Waals surface area contributed by atoms with Crippen LogP contribution in [0.3, 0.4) is 0 Å². The summed E-state index contributed by atoms with van der Waals surface area (Å²) in [5.41, 5.74) is 0.793. The van der Waals surface area contributed by atoms with Crippen molar-refractivity contribution in [3.63, 3.8) is 0 Å². The predicted molar refractivity (Wildman–Crippen MR) is 68.6 cm³/mol. The zero-order valence-corrected chi connectivity index (χ0v) is 10.9. The van der Waals surface area contributed by atoms with Crippen LogP contribution in [0.4, 0.5) is 13.6 Å². The summed E-state index contributed by atoms with van der Waals surface area (Å²) in [4.78, 5) is 12.5. The van der Waals surface area contributed by atoms with Gasteiger partial charge in [-0.1, -0.05) is 30.3 Å². The minimum absolute atomic E-state index is 0.0587. The van der Waals surface area contributed by atoms with Gasteiger partial charge in [0, 0.05) is 19.0 Å². The Hall–Kier alpha value is -1.69. The van der Waals surface area contributed by atoms with Crippen molar-refractivity contribution in [2.45, 2.75) is 43.9 Å². The summed E-state index contributed by atoms with van der Waals surface area (Å²) in [6, 6.07) is 8.38. The molecule has 0 radical (unpaired) electrons. The first kappa shape index (κ1) is 14.7. The normalized spacial score (nSPS) is 25.1. The fraction of sp³-hybridized carbons (Fsp3) is 0.500. The average Bonchev–Trinajstić information content (AvgIpc) is 2.40. The second-order valence-corrected chi connectivity index (χ2v) is 5.10. The van der Waals surface area contributed by atoms with Crippen molar-refractivity contribution < 1.29 is 23.8 Å². The highest BCUT2D eigenvalue weighted by Gasteiger charge is 2.45. The van der Waals surface area contributed by atoms with E-state index >= 15 is 0 Å². The van der Waals surface area contributed by atoms with Crippen molar-refractivity contribution in [1.82, 2.24) is 4.90 Å². The van der Waals surface area contributed by atoms with Gasteiger partial charge < -0.3 is 15.1 Å². The van der Waals surface area contributed by atoms with Crippen LogP contribution in [0, 0.1) is 0 Å². The van der Waals surface area contributed by atoms with Crippen molar-refractivity contribution in [2.75, 3.05) is 0 Å². The minimum atomic E-state index is -3.12. The zero-order valence-electron chi connectivity index (χ0n) is 10.9. The van der Waals surface area contributed by atoms with E-state index in [9.17, 15) is 23.8 Å². The molecule has 2 rings (SSSR count). The average molecular weight is 285 g/mol. The van der Waals surface area contributed by atoms with Crippen molar-refractivity contribution in [3.8, 4) is 0 Å². The van der Waals surface area contributed by atoms with Gasteiger partial charge in [-0.25, -0.2) is 13.6 Å². The molecular formula is C14H17F2NO3. The molecule has 110 valence electrons. The first-order valence-electron chi connectivity index (χ1n) is 6.49. The Morgan fingerprint density at radius 2 is 2.00 bits per heavy atom. The van der Waals surface area contributed by atoms with Gasteiger partial charge in [0.05, 0.1) is 0 Å². The van der Waals surface area contributed by atoms with E-state index in [4.69, 9.17) is 0 Å². The third kappa shape index (κ3) is 3.25. The van der Waals surface area contributed by atoms with Crippen LogP contribution in [0.5, 0.6) is 0 Å². The predicted octanol–water partition coefficient (Wildman–Crippen LogP) is 2.72. The Balaban J connectivity index is 2.08. The number of alkyl halides is 2. The van der Waals surface area contributed by atoms with Crippen LogP contribution < -0.4 is 0 Å². The van der Waals surface area contributed by atoms with E-state index in [2.05, 4.69) is 0 Å². The van der Waals surface area contributed by atoms with E-state index in [0.717, 1.165) is 10.5 Å². The van der Waals surface area contributed by atoms with E-state index in [1.54, 1.807) is 24.3 Å². The smallest absolute Gasteiger partial charge is 0.407 e. The molecule has 0 bridgehead atoms. The minimum Gasteiger partial charge on any atom is -0.465 e. The van der Waals surface area contributed by atoms with Crippen LogP contribution in [0.2, 0.25) is 0 Å². The van der Waals surface area contributed by atoms with Gasteiger partial charge in [-0.2, -0.15) is 0 Å². The highest BCUT2D eigenvalue weighted by Crippen LogP contribution is 2.35. The maximum atomic E-state index is 13.2. The molecule has 2 atom stereocenters. The molecule has 2 N–H and O–H groups in total. The van der Waals surface area contributed by atoms with Crippen molar-refractivity contribution in [3.05, 3.63) is 35.9 Å². The van der Waals surface area contributed by atoms with Gasteiger partial charge in [0.1, 0.15) is 6.10 Å². The first-order chi connectivity index (χ1) is 9.40. The number of benzene rings is 1. The second kappa shape index (κ2) is 5.75. The molecule has 20 heavy (non-hydrogen) atoms. The number of rotatable bonds is 3. The molecule has 1 aliphatic carbocycles. The molecule has 1 amide bonds. The molecule has 0 aromatic heterocycles. The Kier molecular flexibility index (Phi) is 4.23. The van der Waals surface area contributed by atoms with Crippen LogP contribution in [0.1, 0.15) is 24.8 Å². The van der Waals surface area contributed by atoms with Crippen molar-refractivity contribution in [1.29, 1.82) is 0 Å². The van der Waals surface area contributed by atoms with Crippen LogP contribution in [0.25, 0.3) is 0 Å². The fourth-order valence-electron chi connectivity index (χ4n) is 2.49. The molecule has 6 heteroatoms. The number of nitrogens with zero attached hydrogens (tertiary/aromatic N) is 1. The van der Waals surface area contributed by atoms with Gasteiger partial charge in [0.25, 0.3) is 5.92 Å². The van der Waals surface area contributed by atoms with E-state index in [1.807, 2.05) is 6.07 Å². The lowest BCUT2D eigenvalue weighted by atomic mass is 9.88. The summed E-state index contributed by atoms with van der Waals surface area (Å²) in [5, 5.41) is 18.7. The zero-order chi connectivity index (χ0) is 14.8. The van der Waals surface area contributed by atoms with E-state index in [0.29, 0.717) is 0 Å². The Morgan fingerprint density at radius 1 is 1.35 bits per heavy atom. The van der Waals surface area contributed by atoms with Gasteiger partial charge in [0.2, 0.25) is 0 Å². The molecule has 1 saturated carbocycles. The topological polar surface area (TPSA) is 60.8 Å². The maximum absolute atomic E-state index is 13.2. The number of hydrogen-bond acceptors (Lipinski definition) is 2. The van der Waals surface area contributed by atoms with E-state index in [1.165, 1.54) is 0 Å². The Bertz CT molecular complexity index is 467. The largest absolute Gasteiger partial charge is 0.465 e. The van der Waals surface area contributed by atoms with Crippen LogP contribution in [0.15, 0.2) is 30.3 Å². The highest BCUT2D eigenvalue weighted by molar-refractivity contribution is 5.65. The number of amides is 1. The molecule has 1 fully saturated rings. The summed E-state index contributed by atoms with van der Waals surface area (Å²) in [6.07, 6.45) is -3.60. The Labute approximate surface area is 115 Å². The SMILES string of the molecule is O=C(O)N(Cc1ccccc1)C1CCC(F)(F)C(O)C1. The number of hydrogen-bond donors (Lipinski definition) is 2. The molecule has 0 spiro atoms. The lowest BCUT2D eigenvalue weighted by Crippen LogP contribution is -2.49. The Morgan fingerprint density at radius 3 is 2.55 bits per heavy atom. The summed E-state index contributed by atoms with van der Waals surface area (Å²) < 4.78 is 26.5. The van der Waals surface area contributed by atoms with E-state index in [-0.39, 0.29) is 19.4 Å². The highest BCUT2D eigenvalue weighted by atomic mass is 19.3. The molecular weight excluding hydrogens is 268 g/mol. The lowest BCUT2D eigenvalue weighted by Gasteiger charge is -2.38. The standard InChI is InChI=1S/C14H17F2NO3/c15-14(16)7-6-11(8-12(14)18)17(13(19)20)9-10-4-2-1-3-5-10/h1-5,11-12,18H,6-9H2,(H,19,20). The number of carbonyl (C=O) groups is 1. The van der Waals surface area contributed by atoms with Gasteiger partial charge in [-0.15, -0.1) is 0 Å². The number of aliphatic hydroxyl groups excluding tert-OH is 1. The molecule has 0 saturated heterocycles. The quantitative estimate of drug-likeness (QED) is 0.897. The number of aliphatic hydroxyl groups is 1. The molecule has 0 heterocycles. The van der Waals surface area contributed by atoms with Crippen LogP contribution in [-0.4, -0.2) is 39.3 Å². The van der Waals surface area contributed by atoms with Crippen molar-refractivity contribution in [2.24, 2.45) is 0 Å². The summed E-state index contributed by atoms with van der Waals surface area (Å²) in [5.74, 6) is -3.12. The van der Waals surface area contributed by atoms with Gasteiger partial charge >= 0.3 is 6.09 Å². The second-order valence-electron chi connectivity index (χ2n) is 5.10. The monoisotopic (exact) mass is 285 g/mol. The lowest BCUT2D eigenvalue weighted by molar-refractivity contribution is -0.144. The third-order valence-corrected chi connectivity index (χ3v) is 3.68. The van der Waals surface area contributed by atoms with E-state index < -0.39 is 30.6 Å². The van der Waals surface area contributed by atoms with Gasteiger partial charge in [-0.3, -0.25) is 0 Å². The molecule has 0 aliphatic heterocycles. The number of halogens is 2. The third-order valence-electron chi connectivity index (χ3n) is 3.68. The molecule has 1 aromatic carbocycles. The first-order valence-corrected chi connectivity index (χ1v) is 6.49. The van der Waals surface area contributed by atoms with Crippen LogP contribution in [-0.2, 0) is 6.54 Å². The van der Waals surface area contributed by atoms with Gasteiger partial charge in [0.15, 0.2) is 0 Å². The molecule has 2 unspecified atom stereocenters.